The third kappa shape index (κ3) is 2.71. The van der Waals surface area contributed by atoms with Gasteiger partial charge in [-0.1, -0.05) is 26.2 Å². The van der Waals surface area contributed by atoms with Gasteiger partial charge in [0, 0.05) is 9.61 Å². The molecule has 2 nitrogen and oxygen atoms in total. The Labute approximate surface area is 139 Å². The number of halogens is 2. The number of aromatic nitrogens is 2. The molecule has 1 heterocycles. The van der Waals surface area contributed by atoms with Gasteiger partial charge in [0.2, 0.25) is 0 Å². The van der Waals surface area contributed by atoms with Crippen molar-refractivity contribution >= 4 is 45.2 Å². The minimum atomic E-state index is 0.499. The first-order valence-corrected chi connectivity index (χ1v) is 9.06. The Morgan fingerprint density at radius 2 is 2.25 bits per heavy atom. The molecular formula is C16H20ClIN2. The average Bonchev–Trinajstić information content (AvgIpc) is 2.84. The molecule has 2 unspecified atom stereocenters. The number of alkyl halides is 1. The second-order valence-electron chi connectivity index (χ2n) is 5.76. The van der Waals surface area contributed by atoms with Crippen molar-refractivity contribution in [1.82, 2.24) is 9.55 Å². The molecule has 3 rings (SSSR count). The molecule has 2 aromatic rings. The van der Waals surface area contributed by atoms with Gasteiger partial charge in [-0.3, -0.25) is 0 Å². The van der Waals surface area contributed by atoms with E-state index in [4.69, 9.17) is 16.6 Å². The number of fused-ring (bicyclic) bond motifs is 1. The second-order valence-corrected chi connectivity index (χ2v) is 7.27. The number of hydrogen-bond acceptors (Lipinski definition) is 1. The van der Waals surface area contributed by atoms with Gasteiger partial charge in [-0.15, -0.1) is 11.6 Å². The molecule has 1 aliphatic carbocycles. The topological polar surface area (TPSA) is 17.8 Å². The van der Waals surface area contributed by atoms with Gasteiger partial charge in [-0.05, 0) is 59.5 Å². The van der Waals surface area contributed by atoms with Gasteiger partial charge in [0.1, 0.15) is 5.82 Å². The molecule has 0 amide bonds. The Hall–Kier alpha value is -0.290. The van der Waals surface area contributed by atoms with Crippen LogP contribution < -0.4 is 0 Å². The molecule has 0 radical (unpaired) electrons. The van der Waals surface area contributed by atoms with Crippen LogP contribution in [-0.4, -0.2) is 9.55 Å². The van der Waals surface area contributed by atoms with Crippen LogP contribution in [0.5, 0.6) is 0 Å². The summed E-state index contributed by atoms with van der Waals surface area (Å²) in [7, 11) is 0. The summed E-state index contributed by atoms with van der Waals surface area (Å²) in [4.78, 5) is 4.74. The van der Waals surface area contributed by atoms with Gasteiger partial charge in [-0.2, -0.15) is 0 Å². The Kier molecular flexibility index (Phi) is 4.55. The molecule has 0 aliphatic heterocycles. The van der Waals surface area contributed by atoms with Crippen LogP contribution in [0, 0.1) is 9.49 Å². The maximum atomic E-state index is 6.15. The van der Waals surface area contributed by atoms with E-state index in [1.807, 2.05) is 0 Å². The molecule has 108 valence electrons. The Bertz CT molecular complexity index is 608. The summed E-state index contributed by atoms with van der Waals surface area (Å²) in [6, 6.07) is 7.10. The Morgan fingerprint density at radius 3 is 3.00 bits per heavy atom. The van der Waals surface area contributed by atoms with E-state index < -0.39 is 0 Å². The quantitative estimate of drug-likeness (QED) is 0.488. The maximum absolute atomic E-state index is 6.15. The highest BCUT2D eigenvalue weighted by Gasteiger charge is 2.25. The van der Waals surface area contributed by atoms with E-state index in [1.54, 1.807) is 0 Å². The Balaban J connectivity index is 2.04. The first-order valence-electron chi connectivity index (χ1n) is 7.45. The van der Waals surface area contributed by atoms with E-state index >= 15 is 0 Å². The lowest BCUT2D eigenvalue weighted by molar-refractivity contribution is 0.262. The van der Waals surface area contributed by atoms with E-state index in [2.05, 4.69) is 52.3 Å². The molecule has 0 saturated heterocycles. The van der Waals surface area contributed by atoms with Gasteiger partial charge in [-0.25, -0.2) is 4.98 Å². The summed E-state index contributed by atoms with van der Waals surface area (Å²) < 4.78 is 3.65. The fraction of sp³-hybridized carbons (Fsp3) is 0.562. The van der Waals surface area contributed by atoms with Crippen molar-refractivity contribution in [2.24, 2.45) is 5.92 Å². The molecule has 1 fully saturated rings. The van der Waals surface area contributed by atoms with E-state index in [1.165, 1.54) is 41.2 Å². The highest BCUT2D eigenvalue weighted by Crippen LogP contribution is 2.37. The van der Waals surface area contributed by atoms with Gasteiger partial charge in [0.05, 0.1) is 16.9 Å². The zero-order valence-corrected chi connectivity index (χ0v) is 14.7. The van der Waals surface area contributed by atoms with Crippen LogP contribution in [0.15, 0.2) is 18.2 Å². The molecule has 4 heteroatoms. The van der Waals surface area contributed by atoms with E-state index in [0.29, 0.717) is 11.9 Å². The normalized spacial score (nSPS) is 23.4. The summed E-state index contributed by atoms with van der Waals surface area (Å²) in [6.07, 6.45) is 6.54. The zero-order valence-electron chi connectivity index (χ0n) is 11.8. The Morgan fingerprint density at radius 1 is 1.40 bits per heavy atom. The monoisotopic (exact) mass is 402 g/mol. The van der Waals surface area contributed by atoms with Gasteiger partial charge >= 0.3 is 0 Å². The third-order valence-electron chi connectivity index (χ3n) is 4.54. The van der Waals surface area contributed by atoms with Crippen molar-refractivity contribution in [2.75, 3.05) is 0 Å². The predicted molar refractivity (Wildman–Crippen MR) is 93.3 cm³/mol. The van der Waals surface area contributed by atoms with Crippen molar-refractivity contribution < 1.29 is 0 Å². The van der Waals surface area contributed by atoms with Crippen molar-refractivity contribution in [1.29, 1.82) is 0 Å². The van der Waals surface area contributed by atoms with Crippen LogP contribution in [0.25, 0.3) is 11.0 Å². The lowest BCUT2D eigenvalue weighted by atomic mass is 9.84. The van der Waals surface area contributed by atoms with Crippen LogP contribution in [-0.2, 0) is 5.88 Å². The summed E-state index contributed by atoms with van der Waals surface area (Å²) in [5.74, 6) is 2.39. The minimum absolute atomic E-state index is 0.499. The van der Waals surface area contributed by atoms with Crippen molar-refractivity contribution in [3.63, 3.8) is 0 Å². The van der Waals surface area contributed by atoms with Gasteiger partial charge in [0.15, 0.2) is 0 Å². The largest absolute Gasteiger partial charge is 0.324 e. The molecule has 1 aliphatic rings. The predicted octanol–water partition coefficient (Wildman–Crippen LogP) is 5.52. The second kappa shape index (κ2) is 6.22. The molecule has 1 aromatic heterocycles. The standard InChI is InChI=1S/C16H20ClIN2/c1-2-11-4-3-5-13(8-11)20-15-7-6-12(18)9-14(15)19-16(20)10-17/h6-7,9,11,13H,2-5,8,10H2,1H3. The fourth-order valence-corrected chi connectivity index (χ4v) is 4.15. The van der Waals surface area contributed by atoms with Gasteiger partial charge < -0.3 is 4.57 Å². The SMILES string of the molecule is CCC1CCCC(n2c(CCl)nc3cc(I)ccc32)C1. The molecule has 1 saturated carbocycles. The van der Waals surface area contributed by atoms with Crippen LogP contribution in [0.3, 0.4) is 0 Å². The molecule has 0 N–H and O–H groups in total. The molecule has 1 aromatic carbocycles. The number of hydrogen-bond donors (Lipinski definition) is 0. The van der Waals surface area contributed by atoms with Crippen molar-refractivity contribution in [3.8, 4) is 0 Å². The molecule has 0 spiro atoms. The number of rotatable bonds is 3. The average molecular weight is 403 g/mol. The number of imidazole rings is 1. The molecule has 0 bridgehead atoms. The van der Waals surface area contributed by atoms with Crippen LogP contribution in [0.4, 0.5) is 0 Å². The summed E-state index contributed by atoms with van der Waals surface area (Å²) in [5, 5.41) is 0. The van der Waals surface area contributed by atoms with Crippen molar-refractivity contribution in [3.05, 3.63) is 27.6 Å². The van der Waals surface area contributed by atoms with Crippen LogP contribution in [0.1, 0.15) is 50.9 Å². The highest BCUT2D eigenvalue weighted by atomic mass is 127. The highest BCUT2D eigenvalue weighted by molar-refractivity contribution is 14.1. The lowest BCUT2D eigenvalue weighted by Gasteiger charge is -2.30. The molecule has 2 atom stereocenters. The third-order valence-corrected chi connectivity index (χ3v) is 5.45. The van der Waals surface area contributed by atoms with E-state index in [9.17, 15) is 0 Å². The number of nitrogens with zero attached hydrogens (tertiary/aromatic N) is 2. The van der Waals surface area contributed by atoms with E-state index in [-0.39, 0.29) is 0 Å². The maximum Gasteiger partial charge on any atom is 0.125 e. The molecular weight excluding hydrogens is 383 g/mol. The first kappa shape index (κ1) is 14.6. The van der Waals surface area contributed by atoms with Gasteiger partial charge in [0.25, 0.3) is 0 Å². The molecule has 20 heavy (non-hydrogen) atoms. The lowest BCUT2D eigenvalue weighted by Crippen LogP contribution is -2.20. The fourth-order valence-electron chi connectivity index (χ4n) is 3.49. The summed E-state index contributed by atoms with van der Waals surface area (Å²) in [6.45, 7) is 2.31. The summed E-state index contributed by atoms with van der Waals surface area (Å²) in [5.41, 5.74) is 2.34. The summed E-state index contributed by atoms with van der Waals surface area (Å²) >= 11 is 8.49. The minimum Gasteiger partial charge on any atom is -0.324 e. The van der Waals surface area contributed by atoms with Crippen LogP contribution in [0.2, 0.25) is 0 Å². The zero-order chi connectivity index (χ0) is 14.1. The van der Waals surface area contributed by atoms with E-state index in [0.717, 1.165) is 17.3 Å². The van der Waals surface area contributed by atoms with Crippen LogP contribution >= 0.6 is 34.2 Å². The number of benzene rings is 1. The first-order chi connectivity index (χ1) is 9.72. The van der Waals surface area contributed by atoms with Crippen molar-refractivity contribution in [2.45, 2.75) is 50.9 Å². The smallest absolute Gasteiger partial charge is 0.125 e.